The van der Waals surface area contributed by atoms with Crippen LogP contribution >= 0.6 is 0 Å². The fraction of sp³-hybridized carbons (Fsp3) is 0.364. The predicted molar refractivity (Wildman–Crippen MR) is 117 cm³/mol. The summed E-state index contributed by atoms with van der Waals surface area (Å²) in [5.41, 5.74) is 1.46. The number of nitrogens with zero attached hydrogens (tertiary/aromatic N) is 2. The van der Waals surface area contributed by atoms with Gasteiger partial charge in [-0.15, -0.1) is 0 Å². The summed E-state index contributed by atoms with van der Waals surface area (Å²) in [6.45, 7) is 4.74. The Morgan fingerprint density at radius 2 is 1.94 bits per heavy atom. The van der Waals surface area contributed by atoms with E-state index in [2.05, 4.69) is 16.9 Å². The maximum Gasteiger partial charge on any atom is 0.287 e. The van der Waals surface area contributed by atoms with E-state index in [9.17, 15) is 13.2 Å². The monoisotopic (exact) mass is 443 g/mol. The Morgan fingerprint density at radius 1 is 1.26 bits per heavy atom. The minimum absolute atomic E-state index is 0.00432. The lowest BCUT2D eigenvalue weighted by Gasteiger charge is -2.31. The molecule has 164 valence electrons. The number of hydrogen-bond donors (Lipinski definition) is 1. The lowest BCUT2D eigenvalue weighted by molar-refractivity contribution is -0.0114. The largest absolute Gasteiger partial charge is 0.449 e. The summed E-state index contributed by atoms with van der Waals surface area (Å²) in [7, 11) is -1.95. The van der Waals surface area contributed by atoms with Crippen LogP contribution in [-0.4, -0.2) is 57.2 Å². The average Bonchev–Trinajstić information content (AvgIpc) is 3.34. The minimum atomic E-state index is -3.56. The van der Waals surface area contributed by atoms with Crippen LogP contribution in [0.1, 0.15) is 40.3 Å². The van der Waals surface area contributed by atoms with Gasteiger partial charge in [0.05, 0.1) is 23.3 Å². The highest BCUT2D eigenvalue weighted by Crippen LogP contribution is 2.30. The lowest BCUT2D eigenvalue weighted by Crippen LogP contribution is -2.45. The Kier molecular flexibility index (Phi) is 6.08. The summed E-state index contributed by atoms with van der Waals surface area (Å²) in [5, 5.41) is 2.78. The molecule has 0 saturated carbocycles. The summed E-state index contributed by atoms with van der Waals surface area (Å²) in [4.78, 5) is 16.5. The Hall–Kier alpha value is -2.75. The number of fused-ring (bicyclic) bond motifs is 2. The number of morpholine rings is 1. The van der Waals surface area contributed by atoms with E-state index in [1.54, 1.807) is 43.5 Å². The molecule has 2 fully saturated rings. The number of aliphatic imine (C=N–C) groups is 1. The van der Waals surface area contributed by atoms with E-state index in [1.165, 1.54) is 10.5 Å². The zero-order valence-corrected chi connectivity index (χ0v) is 18.1. The van der Waals surface area contributed by atoms with Crippen molar-refractivity contribution in [2.45, 2.75) is 36.5 Å². The molecule has 2 atom stereocenters. The molecule has 31 heavy (non-hydrogen) atoms. The van der Waals surface area contributed by atoms with E-state index in [0.717, 1.165) is 18.4 Å². The Balaban J connectivity index is 1.40. The summed E-state index contributed by atoms with van der Waals surface area (Å²) in [6.07, 6.45) is 4.92. The van der Waals surface area contributed by atoms with Crippen molar-refractivity contribution in [2.24, 2.45) is 4.99 Å². The van der Waals surface area contributed by atoms with E-state index < -0.39 is 10.0 Å². The molecule has 2 aliphatic rings. The van der Waals surface area contributed by atoms with E-state index in [1.807, 2.05) is 0 Å². The molecule has 0 aliphatic carbocycles. The molecule has 2 aromatic rings. The van der Waals surface area contributed by atoms with Gasteiger partial charge >= 0.3 is 0 Å². The van der Waals surface area contributed by atoms with E-state index in [0.29, 0.717) is 24.4 Å². The van der Waals surface area contributed by atoms with Crippen LogP contribution in [0.4, 0.5) is 0 Å². The molecule has 1 aromatic heterocycles. The van der Waals surface area contributed by atoms with Crippen LogP contribution in [0.2, 0.25) is 0 Å². The minimum Gasteiger partial charge on any atom is -0.449 e. The number of benzene rings is 1. The molecule has 1 N–H and O–H groups in total. The van der Waals surface area contributed by atoms with Crippen LogP contribution in [0.3, 0.4) is 0 Å². The first-order valence-electron chi connectivity index (χ1n) is 10.1. The molecule has 8 nitrogen and oxygen atoms in total. The Morgan fingerprint density at radius 3 is 2.55 bits per heavy atom. The maximum atomic E-state index is 13.0. The number of furan rings is 1. The number of rotatable bonds is 7. The molecule has 2 bridgehead atoms. The van der Waals surface area contributed by atoms with Gasteiger partial charge in [0.2, 0.25) is 10.0 Å². The SMILES string of the molecule is C=Cc1cc(C(=O)NCc2ccc(S(=O)(=O)N3CC4CCC(C3)O4)cc2)oc1C=NC. The van der Waals surface area contributed by atoms with Gasteiger partial charge in [-0.2, -0.15) is 4.31 Å². The second-order valence-corrected chi connectivity index (χ2v) is 9.57. The molecular weight excluding hydrogens is 418 g/mol. The number of nitrogens with one attached hydrogen (secondary N) is 1. The van der Waals surface area contributed by atoms with Crippen molar-refractivity contribution >= 4 is 28.2 Å². The second-order valence-electron chi connectivity index (χ2n) is 7.63. The molecule has 1 amide bonds. The predicted octanol–water partition coefficient (Wildman–Crippen LogP) is 2.45. The average molecular weight is 444 g/mol. The highest BCUT2D eigenvalue weighted by molar-refractivity contribution is 7.89. The van der Waals surface area contributed by atoms with Gasteiger partial charge in [-0.1, -0.05) is 24.8 Å². The van der Waals surface area contributed by atoms with Crippen molar-refractivity contribution in [1.82, 2.24) is 9.62 Å². The highest BCUT2D eigenvalue weighted by Gasteiger charge is 2.39. The van der Waals surface area contributed by atoms with Gasteiger partial charge in [-0.3, -0.25) is 9.79 Å². The molecule has 4 rings (SSSR count). The van der Waals surface area contributed by atoms with Crippen molar-refractivity contribution < 1.29 is 22.4 Å². The summed E-state index contributed by atoms with van der Waals surface area (Å²) >= 11 is 0. The molecule has 1 aromatic carbocycles. The maximum absolute atomic E-state index is 13.0. The number of carbonyl (C=O) groups excluding carboxylic acids is 1. The first-order valence-corrected chi connectivity index (χ1v) is 11.6. The van der Waals surface area contributed by atoms with Crippen molar-refractivity contribution in [2.75, 3.05) is 20.1 Å². The zero-order valence-electron chi connectivity index (χ0n) is 17.3. The van der Waals surface area contributed by atoms with E-state index >= 15 is 0 Å². The van der Waals surface area contributed by atoms with Gasteiger partial charge in [-0.05, 0) is 36.6 Å². The van der Waals surface area contributed by atoms with Crippen molar-refractivity contribution in [1.29, 1.82) is 0 Å². The number of ether oxygens (including phenoxy) is 1. The van der Waals surface area contributed by atoms with Crippen LogP contribution in [0.15, 0.2) is 51.2 Å². The fourth-order valence-electron chi connectivity index (χ4n) is 3.88. The third-order valence-electron chi connectivity index (χ3n) is 5.51. The van der Waals surface area contributed by atoms with Crippen LogP contribution in [-0.2, 0) is 21.3 Å². The van der Waals surface area contributed by atoms with Crippen molar-refractivity contribution in [3.05, 3.63) is 59.6 Å². The molecular formula is C22H25N3O5S. The Bertz CT molecular complexity index is 1090. The smallest absolute Gasteiger partial charge is 0.287 e. The molecule has 2 aliphatic heterocycles. The molecule has 3 heterocycles. The second kappa shape index (κ2) is 8.78. The van der Waals surface area contributed by atoms with Gasteiger partial charge in [0.25, 0.3) is 5.91 Å². The first-order chi connectivity index (χ1) is 14.9. The quantitative estimate of drug-likeness (QED) is 0.663. The third-order valence-corrected chi connectivity index (χ3v) is 7.35. The van der Waals surface area contributed by atoms with Crippen LogP contribution in [0.25, 0.3) is 6.08 Å². The molecule has 2 unspecified atom stereocenters. The number of amides is 1. The van der Waals surface area contributed by atoms with Gasteiger partial charge < -0.3 is 14.5 Å². The third kappa shape index (κ3) is 4.48. The van der Waals surface area contributed by atoms with Gasteiger partial charge in [0, 0.05) is 32.2 Å². The highest BCUT2D eigenvalue weighted by atomic mass is 32.2. The lowest BCUT2D eigenvalue weighted by atomic mass is 10.2. The summed E-state index contributed by atoms with van der Waals surface area (Å²) in [6, 6.07) is 8.16. The summed E-state index contributed by atoms with van der Waals surface area (Å²) < 4.78 is 38.7. The van der Waals surface area contributed by atoms with Crippen LogP contribution in [0.5, 0.6) is 0 Å². The van der Waals surface area contributed by atoms with Crippen molar-refractivity contribution in [3.8, 4) is 0 Å². The number of hydrogen-bond acceptors (Lipinski definition) is 6. The summed E-state index contributed by atoms with van der Waals surface area (Å²) in [5.74, 6) is 0.249. The van der Waals surface area contributed by atoms with E-state index in [-0.39, 0.29) is 35.3 Å². The van der Waals surface area contributed by atoms with Gasteiger partial charge in [0.1, 0.15) is 0 Å². The van der Waals surface area contributed by atoms with E-state index in [4.69, 9.17) is 9.15 Å². The molecule has 0 spiro atoms. The van der Waals surface area contributed by atoms with Gasteiger partial charge in [-0.25, -0.2) is 8.42 Å². The van der Waals surface area contributed by atoms with Crippen molar-refractivity contribution in [3.63, 3.8) is 0 Å². The topological polar surface area (TPSA) is 101 Å². The standard InChI is InChI=1S/C22H25N3O5S/c1-3-16-10-20(30-21(16)12-23-2)22(26)24-11-15-4-8-19(9-5-15)31(27,28)25-13-17-6-7-18(14-25)29-17/h3-5,8-10,12,17-18H,1,6-7,11,13-14H2,2H3,(H,24,26). The fourth-order valence-corrected chi connectivity index (χ4v) is 5.38. The van der Waals surface area contributed by atoms with Crippen LogP contribution < -0.4 is 5.32 Å². The zero-order chi connectivity index (χ0) is 22.0. The van der Waals surface area contributed by atoms with Crippen LogP contribution in [0, 0.1) is 0 Å². The molecule has 9 heteroatoms. The number of sulfonamides is 1. The first kappa shape index (κ1) is 21.5. The van der Waals surface area contributed by atoms with Gasteiger partial charge in [0.15, 0.2) is 11.5 Å². The molecule has 2 saturated heterocycles. The number of carbonyl (C=O) groups is 1. The Labute approximate surface area is 181 Å². The molecule has 0 radical (unpaired) electrons. The normalized spacial score (nSPS) is 21.5.